The van der Waals surface area contributed by atoms with Crippen LogP contribution in [0.5, 0.6) is 0 Å². The van der Waals surface area contributed by atoms with E-state index in [1.54, 1.807) is 0 Å². The summed E-state index contributed by atoms with van der Waals surface area (Å²) < 4.78 is 14.5. The highest BCUT2D eigenvalue weighted by Crippen LogP contribution is 2.45. The molecular formula is C19H22FN. The third-order valence-electron chi connectivity index (χ3n) is 4.48. The van der Waals surface area contributed by atoms with Gasteiger partial charge in [0.25, 0.3) is 0 Å². The Labute approximate surface area is 126 Å². The molecule has 21 heavy (non-hydrogen) atoms. The van der Waals surface area contributed by atoms with E-state index in [-0.39, 0.29) is 6.04 Å². The van der Waals surface area contributed by atoms with Crippen LogP contribution in [-0.2, 0) is 13.1 Å². The van der Waals surface area contributed by atoms with Gasteiger partial charge in [-0.3, -0.25) is 4.90 Å². The van der Waals surface area contributed by atoms with Crippen molar-refractivity contribution in [2.24, 2.45) is 0 Å². The molecule has 0 amide bonds. The maximum absolute atomic E-state index is 14.5. The summed E-state index contributed by atoms with van der Waals surface area (Å²) in [6.07, 6.45) is 1.41. The molecule has 0 aliphatic heterocycles. The van der Waals surface area contributed by atoms with Gasteiger partial charge in [0, 0.05) is 19.1 Å². The number of nitrogens with zero attached hydrogens (tertiary/aromatic N) is 1. The van der Waals surface area contributed by atoms with Gasteiger partial charge in [-0.05, 0) is 30.9 Å². The zero-order valence-corrected chi connectivity index (χ0v) is 12.5. The third kappa shape index (κ3) is 3.51. The van der Waals surface area contributed by atoms with Crippen LogP contribution in [0.25, 0.3) is 0 Å². The van der Waals surface area contributed by atoms with Gasteiger partial charge in [-0.2, -0.15) is 0 Å². The van der Waals surface area contributed by atoms with Gasteiger partial charge in [0.15, 0.2) is 0 Å². The van der Waals surface area contributed by atoms with Crippen LogP contribution < -0.4 is 0 Å². The Hall–Kier alpha value is -1.67. The van der Waals surface area contributed by atoms with E-state index in [4.69, 9.17) is 0 Å². The van der Waals surface area contributed by atoms with Gasteiger partial charge in [-0.15, -0.1) is 0 Å². The summed E-state index contributed by atoms with van der Waals surface area (Å²) in [5, 5.41) is 0. The van der Waals surface area contributed by atoms with Gasteiger partial charge in [0.05, 0.1) is 0 Å². The summed E-state index contributed by atoms with van der Waals surface area (Å²) in [7, 11) is 0. The standard InChI is InChI=1S/C19H22FN/c1-16(19(20)12-13-19)21(14-17-8-4-2-5-9-17)15-18-10-6-3-7-11-18/h2-11,16H,12-15H2,1H3. The van der Waals surface area contributed by atoms with Crippen molar-refractivity contribution in [3.05, 3.63) is 71.8 Å². The second-order valence-corrected chi connectivity index (χ2v) is 6.09. The number of halogens is 1. The Kier molecular flexibility index (Phi) is 4.07. The molecule has 0 N–H and O–H groups in total. The molecule has 1 aliphatic rings. The summed E-state index contributed by atoms with van der Waals surface area (Å²) in [5.74, 6) is 0. The molecule has 1 fully saturated rings. The van der Waals surface area contributed by atoms with Crippen LogP contribution in [0.15, 0.2) is 60.7 Å². The number of hydrogen-bond donors (Lipinski definition) is 0. The molecular weight excluding hydrogens is 261 g/mol. The van der Waals surface area contributed by atoms with Crippen molar-refractivity contribution in [1.82, 2.24) is 4.90 Å². The van der Waals surface area contributed by atoms with E-state index in [2.05, 4.69) is 29.2 Å². The molecule has 2 aromatic carbocycles. The van der Waals surface area contributed by atoms with Crippen molar-refractivity contribution in [2.45, 2.75) is 44.6 Å². The number of hydrogen-bond acceptors (Lipinski definition) is 1. The minimum atomic E-state index is -0.983. The molecule has 3 rings (SSSR count). The minimum absolute atomic E-state index is 0.0436. The van der Waals surface area contributed by atoms with Crippen molar-refractivity contribution in [2.75, 3.05) is 0 Å². The lowest BCUT2D eigenvalue weighted by Gasteiger charge is -2.31. The normalized spacial score (nSPS) is 17.7. The van der Waals surface area contributed by atoms with Gasteiger partial charge in [0.1, 0.15) is 5.67 Å². The van der Waals surface area contributed by atoms with Crippen LogP contribution >= 0.6 is 0 Å². The highest BCUT2D eigenvalue weighted by Gasteiger charge is 2.50. The van der Waals surface area contributed by atoms with Crippen molar-refractivity contribution >= 4 is 0 Å². The van der Waals surface area contributed by atoms with Crippen LogP contribution in [-0.4, -0.2) is 16.6 Å². The molecule has 0 aromatic heterocycles. The van der Waals surface area contributed by atoms with E-state index >= 15 is 0 Å². The first-order valence-electron chi connectivity index (χ1n) is 7.68. The molecule has 110 valence electrons. The highest BCUT2D eigenvalue weighted by molar-refractivity contribution is 5.18. The topological polar surface area (TPSA) is 3.24 Å². The summed E-state index contributed by atoms with van der Waals surface area (Å²) in [6, 6.07) is 20.6. The fourth-order valence-corrected chi connectivity index (χ4v) is 2.83. The van der Waals surface area contributed by atoms with E-state index in [1.807, 2.05) is 43.3 Å². The van der Waals surface area contributed by atoms with Crippen LogP contribution in [0.1, 0.15) is 30.9 Å². The average molecular weight is 283 g/mol. The molecule has 0 spiro atoms. The van der Waals surface area contributed by atoms with Crippen LogP contribution in [0.3, 0.4) is 0 Å². The van der Waals surface area contributed by atoms with Crippen molar-refractivity contribution in [3.63, 3.8) is 0 Å². The first-order chi connectivity index (χ1) is 10.2. The molecule has 0 heterocycles. The molecule has 1 nitrogen and oxygen atoms in total. The maximum atomic E-state index is 14.5. The SMILES string of the molecule is CC(N(Cc1ccccc1)Cc1ccccc1)C1(F)CC1. The van der Waals surface area contributed by atoms with E-state index in [0.717, 1.165) is 13.1 Å². The lowest BCUT2D eigenvalue weighted by Crippen LogP contribution is -2.40. The Morgan fingerprint density at radius 3 is 1.71 bits per heavy atom. The van der Waals surface area contributed by atoms with Crippen LogP contribution in [0, 0.1) is 0 Å². The van der Waals surface area contributed by atoms with Gasteiger partial charge in [-0.25, -0.2) is 4.39 Å². The van der Waals surface area contributed by atoms with Crippen LogP contribution in [0.2, 0.25) is 0 Å². The van der Waals surface area contributed by atoms with Crippen molar-refractivity contribution < 1.29 is 4.39 Å². The van der Waals surface area contributed by atoms with E-state index < -0.39 is 5.67 Å². The molecule has 1 saturated carbocycles. The largest absolute Gasteiger partial charge is 0.289 e. The molecule has 1 aliphatic carbocycles. The monoisotopic (exact) mass is 283 g/mol. The van der Waals surface area contributed by atoms with Gasteiger partial charge < -0.3 is 0 Å². The lowest BCUT2D eigenvalue weighted by atomic mass is 10.1. The van der Waals surface area contributed by atoms with Gasteiger partial charge >= 0.3 is 0 Å². The first-order valence-corrected chi connectivity index (χ1v) is 7.68. The van der Waals surface area contributed by atoms with Crippen molar-refractivity contribution in [1.29, 1.82) is 0 Å². The first kappa shape index (κ1) is 14.3. The van der Waals surface area contributed by atoms with Gasteiger partial charge in [0.2, 0.25) is 0 Å². The predicted octanol–water partition coefficient (Wildman–Crippen LogP) is 4.58. The number of alkyl halides is 1. The third-order valence-corrected chi connectivity index (χ3v) is 4.48. The Morgan fingerprint density at radius 2 is 1.33 bits per heavy atom. The summed E-state index contributed by atoms with van der Waals surface area (Å²) in [6.45, 7) is 3.62. The summed E-state index contributed by atoms with van der Waals surface area (Å²) in [4.78, 5) is 2.26. The summed E-state index contributed by atoms with van der Waals surface area (Å²) >= 11 is 0. The van der Waals surface area contributed by atoms with E-state index in [9.17, 15) is 4.39 Å². The fraction of sp³-hybridized carbons (Fsp3) is 0.368. The molecule has 1 unspecified atom stereocenters. The number of rotatable bonds is 6. The van der Waals surface area contributed by atoms with E-state index in [1.165, 1.54) is 11.1 Å². The zero-order valence-electron chi connectivity index (χ0n) is 12.5. The van der Waals surface area contributed by atoms with Crippen LogP contribution in [0.4, 0.5) is 4.39 Å². The van der Waals surface area contributed by atoms with Crippen molar-refractivity contribution in [3.8, 4) is 0 Å². The molecule has 0 saturated heterocycles. The Morgan fingerprint density at radius 1 is 0.905 bits per heavy atom. The Balaban J connectivity index is 1.77. The average Bonchev–Trinajstić information content (AvgIpc) is 3.27. The molecule has 2 heteroatoms. The molecule has 2 aromatic rings. The smallest absolute Gasteiger partial charge is 0.126 e. The maximum Gasteiger partial charge on any atom is 0.126 e. The molecule has 0 radical (unpaired) electrons. The fourth-order valence-electron chi connectivity index (χ4n) is 2.83. The molecule has 1 atom stereocenters. The highest BCUT2D eigenvalue weighted by atomic mass is 19.1. The quantitative estimate of drug-likeness (QED) is 0.750. The summed E-state index contributed by atoms with van der Waals surface area (Å²) in [5.41, 5.74) is 1.50. The zero-order chi connectivity index (χ0) is 14.7. The lowest BCUT2D eigenvalue weighted by molar-refractivity contribution is 0.0932. The molecule has 0 bridgehead atoms. The van der Waals surface area contributed by atoms with Gasteiger partial charge in [-0.1, -0.05) is 60.7 Å². The van der Waals surface area contributed by atoms with E-state index in [0.29, 0.717) is 12.8 Å². The predicted molar refractivity (Wildman–Crippen MR) is 84.7 cm³/mol. The second-order valence-electron chi connectivity index (χ2n) is 6.09. The Bertz CT molecular complexity index is 521. The number of benzene rings is 2. The second kappa shape index (κ2) is 5.98. The minimum Gasteiger partial charge on any atom is -0.289 e.